The van der Waals surface area contributed by atoms with Gasteiger partial charge in [0.15, 0.2) is 0 Å². The fraction of sp³-hybridized carbons (Fsp3) is 0.312. The lowest BCUT2D eigenvalue weighted by Gasteiger charge is -2.19. The van der Waals surface area contributed by atoms with E-state index in [0.29, 0.717) is 6.54 Å². The minimum absolute atomic E-state index is 0.0909. The van der Waals surface area contributed by atoms with E-state index >= 15 is 0 Å². The van der Waals surface area contributed by atoms with Gasteiger partial charge in [0.05, 0.1) is 6.26 Å². The third-order valence-electron chi connectivity index (χ3n) is 3.35. The van der Waals surface area contributed by atoms with Crippen molar-refractivity contribution < 1.29 is 13.2 Å². The molecule has 0 fully saturated rings. The van der Waals surface area contributed by atoms with Crippen molar-refractivity contribution in [3.8, 4) is 0 Å². The highest BCUT2D eigenvalue weighted by Gasteiger charge is 2.18. The van der Waals surface area contributed by atoms with E-state index in [1.54, 1.807) is 43.0 Å². The van der Waals surface area contributed by atoms with Crippen molar-refractivity contribution in [3.05, 3.63) is 60.2 Å². The molecule has 24 heavy (non-hydrogen) atoms. The molecular formula is C16H20N4O3S. The van der Waals surface area contributed by atoms with Gasteiger partial charge in [0.1, 0.15) is 0 Å². The number of sulfonamides is 1. The predicted octanol–water partition coefficient (Wildman–Crippen LogP) is 0.945. The van der Waals surface area contributed by atoms with Crippen LogP contribution >= 0.6 is 0 Å². The Morgan fingerprint density at radius 1 is 1.12 bits per heavy atom. The van der Waals surface area contributed by atoms with Crippen molar-refractivity contribution in [2.45, 2.75) is 19.5 Å². The van der Waals surface area contributed by atoms with Crippen molar-refractivity contribution in [2.75, 3.05) is 12.8 Å². The molecule has 7 nitrogen and oxygen atoms in total. The van der Waals surface area contributed by atoms with Gasteiger partial charge < -0.3 is 5.32 Å². The molecule has 1 amide bonds. The van der Waals surface area contributed by atoms with Crippen LogP contribution in [0.3, 0.4) is 0 Å². The molecule has 2 heterocycles. The van der Waals surface area contributed by atoms with E-state index in [9.17, 15) is 13.2 Å². The first-order valence-electron chi connectivity index (χ1n) is 7.45. The first-order chi connectivity index (χ1) is 11.4. The molecule has 0 saturated carbocycles. The fourth-order valence-corrected chi connectivity index (χ4v) is 2.88. The van der Waals surface area contributed by atoms with Crippen molar-refractivity contribution in [2.24, 2.45) is 0 Å². The van der Waals surface area contributed by atoms with Gasteiger partial charge in [-0.3, -0.25) is 14.8 Å². The molecule has 0 bridgehead atoms. The first-order valence-corrected chi connectivity index (χ1v) is 9.29. The molecule has 2 aromatic heterocycles. The van der Waals surface area contributed by atoms with Crippen molar-refractivity contribution >= 4 is 15.9 Å². The summed E-state index contributed by atoms with van der Waals surface area (Å²) in [5.41, 5.74) is 1.67. The van der Waals surface area contributed by atoms with Gasteiger partial charge in [-0.2, -0.15) is 4.31 Å². The maximum absolute atomic E-state index is 11.9. The third-order valence-corrected chi connectivity index (χ3v) is 4.60. The summed E-state index contributed by atoms with van der Waals surface area (Å²) in [6.45, 7) is 0.684. The van der Waals surface area contributed by atoms with E-state index in [0.717, 1.165) is 17.4 Å². The van der Waals surface area contributed by atoms with E-state index in [4.69, 9.17) is 0 Å². The van der Waals surface area contributed by atoms with Crippen LogP contribution in [0.2, 0.25) is 0 Å². The lowest BCUT2D eigenvalue weighted by molar-refractivity contribution is -0.121. The Kier molecular flexibility index (Phi) is 6.39. The molecule has 0 saturated heterocycles. The summed E-state index contributed by atoms with van der Waals surface area (Å²) in [5.74, 6) is -0.210. The Morgan fingerprint density at radius 3 is 2.29 bits per heavy atom. The summed E-state index contributed by atoms with van der Waals surface area (Å²) in [5, 5.41) is 2.76. The lowest BCUT2D eigenvalue weighted by Crippen LogP contribution is -2.34. The summed E-state index contributed by atoms with van der Waals surface area (Å²) in [7, 11) is -3.41. The Bertz CT molecular complexity index is 751. The van der Waals surface area contributed by atoms with Crippen molar-refractivity contribution in [1.82, 2.24) is 19.6 Å². The van der Waals surface area contributed by atoms with Crippen molar-refractivity contribution in [1.29, 1.82) is 0 Å². The summed E-state index contributed by atoms with van der Waals surface area (Å²) in [6, 6.07) is 7.20. The van der Waals surface area contributed by atoms with E-state index in [-0.39, 0.29) is 25.4 Å². The number of carbonyl (C=O) groups is 1. The fourth-order valence-electron chi connectivity index (χ4n) is 2.08. The summed E-state index contributed by atoms with van der Waals surface area (Å²) >= 11 is 0. The van der Waals surface area contributed by atoms with Gasteiger partial charge in [0, 0.05) is 50.8 Å². The van der Waals surface area contributed by atoms with Gasteiger partial charge in [-0.15, -0.1) is 0 Å². The number of pyridine rings is 2. The van der Waals surface area contributed by atoms with Crippen LogP contribution in [-0.4, -0.2) is 41.4 Å². The molecule has 0 aliphatic rings. The maximum atomic E-state index is 11.9. The molecule has 8 heteroatoms. The smallest absolute Gasteiger partial charge is 0.221 e. The number of aromatic nitrogens is 2. The number of nitrogens with one attached hydrogen (secondary N) is 1. The van der Waals surface area contributed by atoms with Crippen LogP contribution < -0.4 is 5.32 Å². The minimum Gasteiger partial charge on any atom is -0.352 e. The van der Waals surface area contributed by atoms with Crippen LogP contribution in [0.4, 0.5) is 0 Å². The minimum atomic E-state index is -3.41. The normalized spacial score (nSPS) is 11.4. The largest absolute Gasteiger partial charge is 0.352 e. The quantitative estimate of drug-likeness (QED) is 0.767. The number of hydrogen-bond acceptors (Lipinski definition) is 5. The van der Waals surface area contributed by atoms with E-state index in [2.05, 4.69) is 15.3 Å². The number of amides is 1. The number of nitrogens with zero attached hydrogens (tertiary/aromatic N) is 3. The highest BCUT2D eigenvalue weighted by atomic mass is 32.2. The SMILES string of the molecule is CS(=O)(=O)N(CCC(=O)NCc1cccnc1)Cc1cccnc1. The second kappa shape index (κ2) is 8.51. The van der Waals surface area contributed by atoms with Gasteiger partial charge >= 0.3 is 0 Å². The Morgan fingerprint density at radius 2 is 1.75 bits per heavy atom. The Balaban J connectivity index is 1.87. The molecule has 1 N–H and O–H groups in total. The van der Waals surface area contributed by atoms with Crippen LogP contribution in [0.25, 0.3) is 0 Å². The molecule has 0 aliphatic carbocycles. The van der Waals surface area contributed by atoms with Crippen molar-refractivity contribution in [3.63, 3.8) is 0 Å². The van der Waals surface area contributed by atoms with E-state index in [1.807, 2.05) is 6.07 Å². The summed E-state index contributed by atoms with van der Waals surface area (Å²) in [4.78, 5) is 19.9. The number of carbonyl (C=O) groups excluding carboxylic acids is 1. The molecule has 0 unspecified atom stereocenters. The van der Waals surface area contributed by atoms with Crippen LogP contribution in [-0.2, 0) is 27.9 Å². The maximum Gasteiger partial charge on any atom is 0.221 e. The van der Waals surface area contributed by atoms with Gasteiger partial charge in [0.2, 0.25) is 15.9 Å². The Labute approximate surface area is 141 Å². The zero-order valence-electron chi connectivity index (χ0n) is 13.4. The molecule has 0 radical (unpaired) electrons. The molecule has 2 aromatic rings. The van der Waals surface area contributed by atoms with Crippen LogP contribution in [0.15, 0.2) is 49.1 Å². The highest BCUT2D eigenvalue weighted by molar-refractivity contribution is 7.88. The number of hydrogen-bond donors (Lipinski definition) is 1. The van der Waals surface area contributed by atoms with Gasteiger partial charge in [-0.25, -0.2) is 8.42 Å². The Hall–Kier alpha value is -2.32. The average Bonchev–Trinajstić information content (AvgIpc) is 2.57. The molecule has 128 valence electrons. The first kappa shape index (κ1) is 18.0. The second-order valence-corrected chi connectivity index (χ2v) is 7.33. The van der Waals surface area contributed by atoms with Crippen LogP contribution in [0, 0.1) is 0 Å². The molecule has 0 atom stereocenters. The van der Waals surface area contributed by atoms with E-state index in [1.165, 1.54) is 4.31 Å². The molecule has 0 aliphatic heterocycles. The third kappa shape index (κ3) is 6.05. The highest BCUT2D eigenvalue weighted by Crippen LogP contribution is 2.08. The van der Waals surface area contributed by atoms with Crippen LogP contribution in [0.5, 0.6) is 0 Å². The van der Waals surface area contributed by atoms with Crippen LogP contribution in [0.1, 0.15) is 17.5 Å². The van der Waals surface area contributed by atoms with E-state index < -0.39 is 10.0 Å². The average molecular weight is 348 g/mol. The summed E-state index contributed by atoms with van der Waals surface area (Å²) in [6.07, 6.45) is 7.80. The second-order valence-electron chi connectivity index (χ2n) is 5.35. The van der Waals surface area contributed by atoms with Gasteiger partial charge in [-0.05, 0) is 23.3 Å². The zero-order chi connectivity index (χ0) is 17.4. The predicted molar refractivity (Wildman–Crippen MR) is 90.2 cm³/mol. The van der Waals surface area contributed by atoms with Gasteiger partial charge in [0.25, 0.3) is 0 Å². The standard InChI is InChI=1S/C16H20N4O3S/c1-24(22,23)20(13-15-5-3-8-18-11-15)9-6-16(21)19-12-14-4-2-7-17-10-14/h2-5,7-8,10-11H,6,9,12-13H2,1H3,(H,19,21). The lowest BCUT2D eigenvalue weighted by atomic mass is 10.2. The molecular weight excluding hydrogens is 328 g/mol. The monoisotopic (exact) mass is 348 g/mol. The van der Waals surface area contributed by atoms with Gasteiger partial charge in [-0.1, -0.05) is 12.1 Å². The number of rotatable bonds is 8. The zero-order valence-corrected chi connectivity index (χ0v) is 14.2. The summed E-state index contributed by atoms with van der Waals surface area (Å²) < 4.78 is 25.1. The molecule has 2 rings (SSSR count). The molecule has 0 spiro atoms. The molecule has 0 aromatic carbocycles. The topological polar surface area (TPSA) is 92.3 Å².